The lowest BCUT2D eigenvalue weighted by atomic mass is 9.91. The van der Waals surface area contributed by atoms with Crippen molar-refractivity contribution in [2.45, 2.75) is 39.2 Å². The Morgan fingerprint density at radius 2 is 1.82 bits per heavy atom. The molecule has 2 aromatic carbocycles. The van der Waals surface area contributed by atoms with Crippen LogP contribution in [0.4, 0.5) is 5.82 Å². The molecular weight excluding hydrogens is 418 g/mol. The van der Waals surface area contributed by atoms with Gasteiger partial charge in [0.1, 0.15) is 11.6 Å². The van der Waals surface area contributed by atoms with Crippen molar-refractivity contribution in [2.24, 2.45) is 18.0 Å². The molecule has 1 aromatic heterocycles. The van der Waals surface area contributed by atoms with E-state index >= 15 is 0 Å². The zero-order chi connectivity index (χ0) is 23.4. The van der Waals surface area contributed by atoms with Crippen LogP contribution < -0.4 is 16.0 Å². The molecule has 0 aliphatic carbocycles. The fraction of sp³-hybridized carbons (Fsp3) is 0.346. The average molecular weight is 448 g/mol. The average Bonchev–Trinajstić information content (AvgIpc) is 2.84. The molecule has 2 heterocycles. The van der Waals surface area contributed by atoms with E-state index in [-0.39, 0.29) is 24.6 Å². The standard InChI is InChI=1S/C26H29N3O4/c1-3-19-12-7-8-13-22(19)33-24-20(16-18-10-5-4-6-11-18)17-21-23(27-24)28(2)26(32)29(25(21)31)14-9-15-30/h4-8,10-13,20,30H,3,9,14-17H2,1-2H3. The highest BCUT2D eigenvalue weighted by molar-refractivity contribution is 5.86. The molecule has 4 rings (SSSR count). The zero-order valence-corrected chi connectivity index (χ0v) is 19.0. The van der Waals surface area contributed by atoms with Crippen LogP contribution in [-0.4, -0.2) is 26.7 Å². The van der Waals surface area contributed by atoms with Crippen molar-refractivity contribution in [2.75, 3.05) is 6.61 Å². The first kappa shape index (κ1) is 22.7. The maximum absolute atomic E-state index is 13.2. The van der Waals surface area contributed by atoms with E-state index in [4.69, 9.17) is 9.73 Å². The Bertz CT molecular complexity index is 1270. The molecule has 1 atom stereocenters. The Morgan fingerprint density at radius 1 is 1.09 bits per heavy atom. The fourth-order valence-corrected chi connectivity index (χ4v) is 4.27. The summed E-state index contributed by atoms with van der Waals surface area (Å²) in [6.45, 7) is 2.16. The summed E-state index contributed by atoms with van der Waals surface area (Å²) in [6, 6.07) is 17.9. The molecular formula is C26H29N3O4. The Balaban J connectivity index is 1.81. The Labute approximate surface area is 192 Å². The first-order valence-corrected chi connectivity index (χ1v) is 11.3. The second-order valence-electron chi connectivity index (χ2n) is 8.28. The summed E-state index contributed by atoms with van der Waals surface area (Å²) >= 11 is 0. The number of aliphatic imine (C=N–C) groups is 1. The van der Waals surface area contributed by atoms with Gasteiger partial charge in [-0.15, -0.1) is 0 Å². The molecule has 33 heavy (non-hydrogen) atoms. The van der Waals surface area contributed by atoms with Crippen molar-refractivity contribution in [3.05, 3.63) is 92.1 Å². The minimum Gasteiger partial charge on any atom is -0.442 e. The third-order valence-electron chi connectivity index (χ3n) is 6.06. The van der Waals surface area contributed by atoms with E-state index in [1.807, 2.05) is 54.6 Å². The smallest absolute Gasteiger partial charge is 0.332 e. The molecule has 1 N–H and O–H groups in total. The summed E-state index contributed by atoms with van der Waals surface area (Å²) in [5, 5.41) is 9.18. The van der Waals surface area contributed by atoms with Crippen LogP contribution in [0.2, 0.25) is 0 Å². The number of fused-ring (bicyclic) bond motifs is 1. The van der Waals surface area contributed by atoms with Gasteiger partial charge in [-0.2, -0.15) is 4.99 Å². The van der Waals surface area contributed by atoms with Crippen molar-refractivity contribution in [3.8, 4) is 5.75 Å². The predicted molar refractivity (Wildman–Crippen MR) is 129 cm³/mol. The molecule has 0 bridgehead atoms. The van der Waals surface area contributed by atoms with Crippen molar-refractivity contribution in [3.63, 3.8) is 0 Å². The molecule has 7 nitrogen and oxygen atoms in total. The van der Waals surface area contributed by atoms with Gasteiger partial charge in [0.2, 0.25) is 0 Å². The zero-order valence-electron chi connectivity index (χ0n) is 19.0. The van der Waals surface area contributed by atoms with Crippen molar-refractivity contribution in [1.29, 1.82) is 0 Å². The second-order valence-corrected chi connectivity index (χ2v) is 8.28. The van der Waals surface area contributed by atoms with Crippen LogP contribution >= 0.6 is 0 Å². The molecule has 1 aliphatic rings. The van der Waals surface area contributed by atoms with E-state index in [1.165, 1.54) is 9.13 Å². The van der Waals surface area contributed by atoms with Crippen LogP contribution in [-0.2, 0) is 32.9 Å². The molecule has 0 saturated carbocycles. The van der Waals surface area contributed by atoms with Gasteiger partial charge in [0.05, 0.1) is 5.56 Å². The minimum absolute atomic E-state index is 0.0870. The topological polar surface area (TPSA) is 85.8 Å². The third kappa shape index (κ3) is 4.68. The lowest BCUT2D eigenvalue weighted by molar-refractivity contribution is 0.277. The lowest BCUT2D eigenvalue weighted by Crippen LogP contribution is -2.43. The van der Waals surface area contributed by atoms with E-state index in [0.29, 0.717) is 36.5 Å². The number of benzene rings is 2. The first-order valence-electron chi connectivity index (χ1n) is 11.3. The highest BCUT2D eigenvalue weighted by atomic mass is 16.5. The van der Waals surface area contributed by atoms with Crippen LogP contribution in [0.15, 0.2) is 69.2 Å². The van der Waals surface area contributed by atoms with Crippen molar-refractivity contribution < 1.29 is 9.84 Å². The van der Waals surface area contributed by atoms with Gasteiger partial charge in [0.15, 0.2) is 5.90 Å². The lowest BCUT2D eigenvalue weighted by Gasteiger charge is -2.26. The number of aromatic nitrogens is 2. The number of aliphatic hydroxyl groups excluding tert-OH is 1. The van der Waals surface area contributed by atoms with Crippen molar-refractivity contribution in [1.82, 2.24) is 9.13 Å². The monoisotopic (exact) mass is 447 g/mol. The summed E-state index contributed by atoms with van der Waals surface area (Å²) < 4.78 is 8.94. The second kappa shape index (κ2) is 10.0. The maximum Gasteiger partial charge on any atom is 0.332 e. The van der Waals surface area contributed by atoms with Gasteiger partial charge in [-0.1, -0.05) is 55.5 Å². The molecule has 3 aromatic rings. The predicted octanol–water partition coefficient (Wildman–Crippen LogP) is 3.02. The molecule has 0 saturated heterocycles. The van der Waals surface area contributed by atoms with E-state index in [9.17, 15) is 14.7 Å². The van der Waals surface area contributed by atoms with Crippen LogP contribution in [0.1, 0.15) is 30.0 Å². The van der Waals surface area contributed by atoms with Crippen LogP contribution in [0, 0.1) is 5.92 Å². The molecule has 0 radical (unpaired) electrons. The normalized spacial score (nSPS) is 15.1. The van der Waals surface area contributed by atoms with E-state index in [0.717, 1.165) is 23.3 Å². The summed E-state index contributed by atoms with van der Waals surface area (Å²) in [6.07, 6.45) is 2.24. The van der Waals surface area contributed by atoms with Gasteiger partial charge in [-0.3, -0.25) is 13.9 Å². The minimum atomic E-state index is -0.439. The molecule has 0 spiro atoms. The van der Waals surface area contributed by atoms with Crippen LogP contribution in [0.3, 0.4) is 0 Å². The molecule has 7 heteroatoms. The van der Waals surface area contributed by atoms with E-state index < -0.39 is 5.69 Å². The Morgan fingerprint density at radius 3 is 2.55 bits per heavy atom. The number of aryl methyl sites for hydroxylation is 1. The van der Waals surface area contributed by atoms with Gasteiger partial charge in [-0.25, -0.2) is 4.79 Å². The number of para-hydroxylation sites is 1. The van der Waals surface area contributed by atoms with Gasteiger partial charge in [0.25, 0.3) is 5.56 Å². The Hall–Kier alpha value is -3.45. The van der Waals surface area contributed by atoms with E-state index in [2.05, 4.69) is 6.92 Å². The number of nitrogens with zero attached hydrogens (tertiary/aromatic N) is 3. The maximum atomic E-state index is 13.2. The van der Waals surface area contributed by atoms with E-state index in [1.54, 1.807) is 7.05 Å². The number of hydrogen-bond donors (Lipinski definition) is 1. The molecule has 1 aliphatic heterocycles. The largest absolute Gasteiger partial charge is 0.442 e. The number of aliphatic hydroxyl groups is 1. The summed E-state index contributed by atoms with van der Waals surface area (Å²) in [5.74, 6) is 1.44. The third-order valence-corrected chi connectivity index (χ3v) is 6.06. The van der Waals surface area contributed by atoms with Crippen LogP contribution in [0.5, 0.6) is 5.75 Å². The summed E-state index contributed by atoms with van der Waals surface area (Å²) in [5.41, 5.74) is 1.92. The first-order chi connectivity index (χ1) is 16.0. The summed E-state index contributed by atoms with van der Waals surface area (Å²) in [4.78, 5) is 30.8. The summed E-state index contributed by atoms with van der Waals surface area (Å²) in [7, 11) is 1.62. The molecule has 0 fully saturated rings. The molecule has 1 unspecified atom stereocenters. The van der Waals surface area contributed by atoms with Gasteiger partial charge in [-0.05, 0) is 42.9 Å². The highest BCUT2D eigenvalue weighted by Crippen LogP contribution is 2.30. The molecule has 172 valence electrons. The van der Waals surface area contributed by atoms with Gasteiger partial charge >= 0.3 is 5.69 Å². The quantitative estimate of drug-likeness (QED) is 0.603. The van der Waals surface area contributed by atoms with Gasteiger partial charge < -0.3 is 9.84 Å². The number of ether oxygens (including phenoxy) is 1. The number of rotatable bonds is 7. The highest BCUT2D eigenvalue weighted by Gasteiger charge is 2.30. The van der Waals surface area contributed by atoms with Crippen molar-refractivity contribution >= 4 is 11.7 Å². The number of hydrogen-bond acceptors (Lipinski definition) is 5. The van der Waals surface area contributed by atoms with Crippen LogP contribution in [0.25, 0.3) is 0 Å². The fourth-order valence-electron chi connectivity index (χ4n) is 4.27. The van der Waals surface area contributed by atoms with Gasteiger partial charge in [0, 0.05) is 26.1 Å². The molecule has 0 amide bonds. The SMILES string of the molecule is CCc1ccccc1OC1=Nc2c(c(=O)n(CCCO)c(=O)n2C)CC1Cc1ccccc1. The Kier molecular flexibility index (Phi) is 6.89.